The number of rotatable bonds is 3. The molecule has 1 heterocycles. The van der Waals surface area contributed by atoms with Gasteiger partial charge in [-0.2, -0.15) is 13.2 Å². The van der Waals surface area contributed by atoms with Gasteiger partial charge in [0.2, 0.25) is 0 Å². The summed E-state index contributed by atoms with van der Waals surface area (Å²) in [5.41, 5.74) is -1.31. The van der Waals surface area contributed by atoms with E-state index in [2.05, 4.69) is 4.98 Å². The molecule has 0 spiro atoms. The van der Waals surface area contributed by atoms with E-state index in [4.69, 9.17) is 11.6 Å². The van der Waals surface area contributed by atoms with E-state index in [0.29, 0.717) is 16.7 Å². The zero-order valence-corrected chi connectivity index (χ0v) is 12.4. The molecular formula is C13H10ClF3N2OS. The Labute approximate surface area is 127 Å². The second kappa shape index (κ2) is 6.11. The fraction of sp³-hybridized carbons (Fsp3) is 0.231. The number of nitrogens with zero attached hydrogens (tertiary/aromatic N) is 2. The second-order valence-electron chi connectivity index (χ2n) is 4.14. The van der Waals surface area contributed by atoms with Gasteiger partial charge in [0.15, 0.2) is 10.9 Å². The molecule has 8 heteroatoms. The highest BCUT2D eigenvalue weighted by Gasteiger charge is 2.34. The van der Waals surface area contributed by atoms with Crippen molar-refractivity contribution in [1.82, 2.24) is 9.55 Å². The fourth-order valence-electron chi connectivity index (χ4n) is 1.73. The molecular weight excluding hydrogens is 325 g/mol. The minimum atomic E-state index is -4.65. The highest BCUT2D eigenvalue weighted by atomic mass is 35.5. The molecule has 2 rings (SSSR count). The van der Waals surface area contributed by atoms with E-state index in [1.807, 2.05) is 0 Å². The van der Waals surface area contributed by atoms with Gasteiger partial charge in [-0.05, 0) is 17.9 Å². The van der Waals surface area contributed by atoms with Crippen LogP contribution in [0.4, 0.5) is 13.2 Å². The van der Waals surface area contributed by atoms with Gasteiger partial charge in [-0.3, -0.25) is 9.36 Å². The number of halogens is 4. The first kappa shape index (κ1) is 15.9. The maximum absolute atomic E-state index is 12.7. The van der Waals surface area contributed by atoms with Gasteiger partial charge in [0, 0.05) is 11.1 Å². The molecule has 0 amide bonds. The number of thioether (sulfide) groups is 1. The first-order valence-electron chi connectivity index (χ1n) is 5.79. The molecule has 0 saturated heterocycles. The van der Waals surface area contributed by atoms with E-state index in [1.54, 1.807) is 30.5 Å². The predicted octanol–water partition coefficient (Wildman–Crippen LogP) is 3.69. The summed E-state index contributed by atoms with van der Waals surface area (Å²) < 4.78 is 39.2. The first-order valence-corrected chi connectivity index (χ1v) is 7.39. The quantitative estimate of drug-likeness (QED) is 0.634. The van der Waals surface area contributed by atoms with Crippen molar-refractivity contribution in [2.45, 2.75) is 17.9 Å². The van der Waals surface area contributed by atoms with E-state index in [9.17, 15) is 18.0 Å². The number of hydrogen-bond donors (Lipinski definition) is 0. The van der Waals surface area contributed by atoms with E-state index < -0.39 is 17.4 Å². The van der Waals surface area contributed by atoms with Crippen LogP contribution in [0.25, 0.3) is 0 Å². The van der Waals surface area contributed by atoms with Crippen molar-refractivity contribution >= 4 is 23.4 Å². The second-order valence-corrected chi connectivity index (χ2v) is 5.32. The predicted molar refractivity (Wildman–Crippen MR) is 75.8 cm³/mol. The smallest absolute Gasteiger partial charge is 0.283 e. The van der Waals surface area contributed by atoms with Crippen LogP contribution >= 0.6 is 23.4 Å². The van der Waals surface area contributed by atoms with Gasteiger partial charge in [0.1, 0.15) is 0 Å². The molecule has 1 aromatic carbocycles. The van der Waals surface area contributed by atoms with Gasteiger partial charge in [0.25, 0.3) is 5.56 Å². The Morgan fingerprint density at radius 1 is 1.33 bits per heavy atom. The summed E-state index contributed by atoms with van der Waals surface area (Å²) >= 11 is 6.98. The van der Waals surface area contributed by atoms with E-state index in [-0.39, 0.29) is 11.7 Å². The van der Waals surface area contributed by atoms with Crippen LogP contribution in [-0.4, -0.2) is 15.8 Å². The summed E-state index contributed by atoms with van der Waals surface area (Å²) in [4.78, 5) is 15.5. The Hall–Kier alpha value is -1.47. The van der Waals surface area contributed by atoms with Crippen molar-refractivity contribution < 1.29 is 13.2 Å². The Morgan fingerprint density at radius 3 is 2.57 bits per heavy atom. The molecule has 0 aliphatic rings. The van der Waals surface area contributed by atoms with Gasteiger partial charge in [-0.25, -0.2) is 4.98 Å². The third-order valence-electron chi connectivity index (χ3n) is 2.73. The van der Waals surface area contributed by atoms with Crippen LogP contribution in [-0.2, 0) is 12.7 Å². The topological polar surface area (TPSA) is 34.9 Å². The van der Waals surface area contributed by atoms with Crippen molar-refractivity contribution in [3.8, 4) is 0 Å². The van der Waals surface area contributed by atoms with Gasteiger partial charge in [0.05, 0.1) is 6.54 Å². The first-order chi connectivity index (χ1) is 9.82. The van der Waals surface area contributed by atoms with E-state index in [0.717, 1.165) is 11.8 Å². The van der Waals surface area contributed by atoms with Crippen LogP contribution < -0.4 is 5.56 Å². The third-order valence-corrected chi connectivity index (χ3v) is 3.78. The van der Waals surface area contributed by atoms with Crippen LogP contribution in [0.3, 0.4) is 0 Å². The Balaban J connectivity index is 2.50. The van der Waals surface area contributed by atoms with Crippen LogP contribution in [0.5, 0.6) is 0 Å². The highest BCUT2D eigenvalue weighted by molar-refractivity contribution is 7.98. The maximum atomic E-state index is 12.7. The van der Waals surface area contributed by atoms with Crippen molar-refractivity contribution in [2.75, 3.05) is 6.26 Å². The minimum absolute atomic E-state index is 0.00487. The standard InChI is InChI=1S/C13H10ClF3N2OS/c1-21-12-18-10(13(15,16)17)6-11(20)19(12)7-8-4-2-3-5-9(8)14/h2-6H,7H2,1H3. The number of alkyl halides is 3. The van der Waals surface area contributed by atoms with E-state index in [1.165, 1.54) is 4.57 Å². The molecule has 0 aliphatic carbocycles. The van der Waals surface area contributed by atoms with Crippen LogP contribution in [0.15, 0.2) is 40.3 Å². The lowest BCUT2D eigenvalue weighted by atomic mass is 10.2. The molecule has 0 atom stereocenters. The Kier molecular flexibility index (Phi) is 4.63. The average molecular weight is 335 g/mol. The maximum Gasteiger partial charge on any atom is 0.433 e. The summed E-state index contributed by atoms with van der Waals surface area (Å²) in [5.74, 6) is 0. The SMILES string of the molecule is CSc1nc(C(F)(F)F)cc(=O)n1Cc1ccccc1Cl. The monoisotopic (exact) mass is 334 g/mol. The molecule has 0 aliphatic heterocycles. The number of benzene rings is 1. The fourth-order valence-corrected chi connectivity index (χ4v) is 2.49. The largest absolute Gasteiger partial charge is 0.433 e. The molecule has 0 N–H and O–H groups in total. The summed E-state index contributed by atoms with van der Waals surface area (Å²) in [7, 11) is 0. The molecule has 21 heavy (non-hydrogen) atoms. The van der Waals surface area contributed by atoms with Crippen LogP contribution in [0, 0.1) is 0 Å². The van der Waals surface area contributed by atoms with Gasteiger partial charge in [-0.1, -0.05) is 41.6 Å². The average Bonchev–Trinajstić information content (AvgIpc) is 2.41. The molecule has 3 nitrogen and oxygen atoms in total. The number of aromatic nitrogens is 2. The van der Waals surface area contributed by atoms with Crippen LogP contribution in [0.2, 0.25) is 5.02 Å². The van der Waals surface area contributed by atoms with Crippen molar-refractivity contribution in [3.05, 3.63) is 57.0 Å². The molecule has 2 aromatic rings. The highest BCUT2D eigenvalue weighted by Crippen LogP contribution is 2.28. The molecule has 0 fully saturated rings. The summed E-state index contributed by atoms with van der Waals surface area (Å²) in [5, 5.41) is 0.436. The van der Waals surface area contributed by atoms with Gasteiger partial charge < -0.3 is 0 Å². The lowest BCUT2D eigenvalue weighted by Crippen LogP contribution is -2.26. The van der Waals surface area contributed by atoms with Crippen molar-refractivity contribution in [2.24, 2.45) is 0 Å². The molecule has 1 aromatic heterocycles. The lowest BCUT2D eigenvalue weighted by molar-refractivity contribution is -0.141. The van der Waals surface area contributed by atoms with E-state index >= 15 is 0 Å². The Morgan fingerprint density at radius 2 is 2.00 bits per heavy atom. The summed E-state index contributed by atoms with van der Waals surface area (Å²) in [6.07, 6.45) is -3.09. The normalized spacial score (nSPS) is 11.7. The zero-order valence-electron chi connectivity index (χ0n) is 10.8. The summed E-state index contributed by atoms with van der Waals surface area (Å²) in [6, 6.07) is 7.32. The Bertz CT molecular complexity index is 715. The number of hydrogen-bond acceptors (Lipinski definition) is 3. The molecule has 0 bridgehead atoms. The van der Waals surface area contributed by atoms with Crippen LogP contribution in [0.1, 0.15) is 11.3 Å². The van der Waals surface area contributed by atoms with Gasteiger partial charge in [-0.15, -0.1) is 0 Å². The lowest BCUT2D eigenvalue weighted by Gasteiger charge is -2.13. The zero-order chi connectivity index (χ0) is 15.6. The van der Waals surface area contributed by atoms with Crippen molar-refractivity contribution in [3.63, 3.8) is 0 Å². The summed E-state index contributed by atoms with van der Waals surface area (Å²) in [6.45, 7) is 0.0693. The molecule has 0 saturated carbocycles. The molecule has 0 unspecified atom stereocenters. The molecule has 0 radical (unpaired) electrons. The minimum Gasteiger partial charge on any atom is -0.283 e. The van der Waals surface area contributed by atoms with Gasteiger partial charge >= 0.3 is 6.18 Å². The molecule has 112 valence electrons. The third kappa shape index (κ3) is 3.59. The van der Waals surface area contributed by atoms with Crippen molar-refractivity contribution in [1.29, 1.82) is 0 Å².